The maximum absolute atomic E-state index is 17.2. The van der Waals surface area contributed by atoms with Gasteiger partial charge in [-0.15, -0.1) is 0 Å². The van der Waals surface area contributed by atoms with Crippen molar-refractivity contribution in [3.05, 3.63) is 86.1 Å². The van der Waals surface area contributed by atoms with Gasteiger partial charge in [-0.05, 0) is 75.3 Å². The van der Waals surface area contributed by atoms with Crippen LogP contribution in [0, 0.1) is 42.8 Å². The predicted molar refractivity (Wildman–Crippen MR) is 200 cm³/mol. The van der Waals surface area contributed by atoms with Gasteiger partial charge in [-0.3, -0.25) is 4.79 Å². The molecule has 1 amide bonds. The van der Waals surface area contributed by atoms with Crippen molar-refractivity contribution in [1.82, 2.24) is 24.8 Å². The Balaban J connectivity index is 1.26. The van der Waals surface area contributed by atoms with Gasteiger partial charge < -0.3 is 19.5 Å². The van der Waals surface area contributed by atoms with Gasteiger partial charge in [0.2, 0.25) is 5.91 Å². The molecule has 0 unspecified atom stereocenters. The number of ether oxygens (including phenoxy) is 1. The molecule has 5 fully saturated rings. The summed E-state index contributed by atoms with van der Waals surface area (Å²) in [6.45, 7) is 5.16. The third kappa shape index (κ3) is 5.36. The Hall–Kier alpha value is -3.94. The first-order chi connectivity index (χ1) is 25.1. The molecule has 5 aromatic rings. The van der Waals surface area contributed by atoms with Crippen LogP contribution in [0.1, 0.15) is 66.7 Å². The van der Waals surface area contributed by atoms with Crippen molar-refractivity contribution in [2.24, 2.45) is 11.8 Å². The highest BCUT2D eigenvalue weighted by atomic mass is 35.5. The van der Waals surface area contributed by atoms with E-state index in [2.05, 4.69) is 27.0 Å². The SMILES string of the molecule is Cc1c(O[C@H]2C[C@H](c3cc4c(C)nc5c(F)c(-c6cccc(Cl)c6Cl)c(CCC#N)cc5c4n3[C@H]3[C@H]4CN[C@@H]3C4)N(C(=O)C3CC3)C2)ccnc1Cl. The van der Waals surface area contributed by atoms with Crippen molar-refractivity contribution in [3.8, 4) is 22.9 Å². The first-order valence-electron chi connectivity index (χ1n) is 17.9. The van der Waals surface area contributed by atoms with Gasteiger partial charge in [0.25, 0.3) is 0 Å². The Morgan fingerprint density at radius 2 is 1.96 bits per heavy atom. The Labute approximate surface area is 315 Å². The van der Waals surface area contributed by atoms with Crippen molar-refractivity contribution < 1.29 is 13.9 Å². The number of pyridine rings is 2. The van der Waals surface area contributed by atoms with E-state index in [1.165, 1.54) is 0 Å². The second-order valence-electron chi connectivity index (χ2n) is 14.8. The summed E-state index contributed by atoms with van der Waals surface area (Å²) in [6, 6.07) is 13.5. The summed E-state index contributed by atoms with van der Waals surface area (Å²) in [5.41, 5.74) is 5.07. The molecule has 2 aliphatic carbocycles. The van der Waals surface area contributed by atoms with Gasteiger partial charge in [0, 0.05) is 76.4 Å². The number of carbonyl (C=O) groups is 1. The molecule has 8 nitrogen and oxygen atoms in total. The van der Waals surface area contributed by atoms with Crippen LogP contribution in [0.2, 0.25) is 15.2 Å². The van der Waals surface area contributed by atoms with Crippen molar-refractivity contribution in [2.75, 3.05) is 13.1 Å². The van der Waals surface area contributed by atoms with Crippen LogP contribution in [-0.4, -0.2) is 50.6 Å². The molecule has 5 aliphatic rings. The highest BCUT2D eigenvalue weighted by Gasteiger charge is 2.51. The highest BCUT2D eigenvalue weighted by Crippen LogP contribution is 2.51. The van der Waals surface area contributed by atoms with Gasteiger partial charge in [-0.2, -0.15) is 5.26 Å². The van der Waals surface area contributed by atoms with Crippen molar-refractivity contribution >= 4 is 62.5 Å². The molecule has 0 radical (unpaired) electrons. The van der Waals surface area contributed by atoms with Crippen LogP contribution in [-0.2, 0) is 11.2 Å². The van der Waals surface area contributed by atoms with Gasteiger partial charge in [0.15, 0.2) is 5.82 Å². The van der Waals surface area contributed by atoms with E-state index in [1.54, 1.807) is 24.4 Å². The lowest BCUT2D eigenvalue weighted by atomic mass is 9.79. The number of aryl methyl sites for hydroxylation is 2. The Morgan fingerprint density at radius 1 is 1.13 bits per heavy atom. The Bertz CT molecular complexity index is 2340. The number of carbonyl (C=O) groups excluding carboxylic acids is 1. The van der Waals surface area contributed by atoms with Crippen molar-refractivity contribution in [2.45, 2.75) is 76.6 Å². The summed E-state index contributed by atoms with van der Waals surface area (Å²) < 4.78 is 26.2. The van der Waals surface area contributed by atoms with Crippen LogP contribution >= 0.6 is 34.8 Å². The molecule has 2 saturated carbocycles. The van der Waals surface area contributed by atoms with E-state index in [9.17, 15) is 10.1 Å². The van der Waals surface area contributed by atoms with E-state index in [-0.39, 0.29) is 53.0 Å². The largest absolute Gasteiger partial charge is 0.488 e. The van der Waals surface area contributed by atoms with E-state index < -0.39 is 5.82 Å². The molecule has 12 heteroatoms. The molecule has 52 heavy (non-hydrogen) atoms. The zero-order valence-corrected chi connectivity index (χ0v) is 31.0. The zero-order valence-electron chi connectivity index (χ0n) is 28.7. The van der Waals surface area contributed by atoms with Crippen LogP contribution in [0.25, 0.3) is 32.9 Å². The van der Waals surface area contributed by atoms with E-state index in [0.29, 0.717) is 69.0 Å². The molecule has 5 atom stereocenters. The molecular weight excluding hydrogens is 722 g/mol. The summed E-state index contributed by atoms with van der Waals surface area (Å²) >= 11 is 19.5. The maximum Gasteiger partial charge on any atom is 0.226 e. The summed E-state index contributed by atoms with van der Waals surface area (Å²) in [4.78, 5) is 25.1. The standard InChI is InChI=1S/C40H36Cl3FN6O2/c1-19-32(10-12-46-39(19)43)52-24-15-30(49(18-24)40(51)21-8-9-21)31-16-26-20(2)48-36-27(38(26)50(31)37-23-14-29(37)47-17-23)13-22(5-4-11-45)33(35(36)44)25-6-3-7-28(41)34(25)42/h3,6-7,10,12-13,16,21,23-24,29-30,37,47H,4-5,8-9,14-15,17-18H2,1-2H3/t23-,24+,29-,30-,37+/m1/s1. The summed E-state index contributed by atoms with van der Waals surface area (Å²) in [5, 5.41) is 15.9. The van der Waals surface area contributed by atoms with E-state index >= 15 is 4.39 Å². The van der Waals surface area contributed by atoms with Gasteiger partial charge in [-0.1, -0.05) is 46.9 Å². The number of nitrogens with one attached hydrogen (secondary N) is 1. The molecule has 3 aromatic heterocycles. The molecule has 6 heterocycles. The van der Waals surface area contributed by atoms with Gasteiger partial charge >= 0.3 is 0 Å². The normalized spacial score (nSPS) is 23.7. The molecule has 0 spiro atoms. The number of nitriles is 1. The number of aromatic nitrogens is 3. The lowest BCUT2D eigenvalue weighted by molar-refractivity contribution is -0.133. The lowest BCUT2D eigenvalue weighted by Crippen LogP contribution is -2.41. The number of hydrogen-bond acceptors (Lipinski definition) is 6. The topological polar surface area (TPSA) is 96.1 Å². The first-order valence-corrected chi connectivity index (χ1v) is 19.1. The van der Waals surface area contributed by atoms with E-state index in [1.807, 2.05) is 30.9 Å². The fourth-order valence-electron chi connectivity index (χ4n) is 8.87. The summed E-state index contributed by atoms with van der Waals surface area (Å²) in [7, 11) is 0. The second-order valence-corrected chi connectivity index (χ2v) is 15.9. The van der Waals surface area contributed by atoms with Crippen LogP contribution < -0.4 is 10.1 Å². The molecular formula is C40H36Cl3FN6O2. The van der Waals surface area contributed by atoms with Gasteiger partial charge in [0.05, 0.1) is 40.3 Å². The number of likely N-dealkylation sites (tertiary alicyclic amines) is 1. The van der Waals surface area contributed by atoms with Crippen LogP contribution in [0.5, 0.6) is 5.75 Å². The monoisotopic (exact) mass is 756 g/mol. The van der Waals surface area contributed by atoms with E-state index in [0.717, 1.165) is 48.0 Å². The van der Waals surface area contributed by atoms with Crippen molar-refractivity contribution in [3.63, 3.8) is 0 Å². The summed E-state index contributed by atoms with van der Waals surface area (Å²) in [5.74, 6) is 0.747. The fraction of sp³-hybridized carbons (Fsp3) is 0.400. The fourth-order valence-corrected chi connectivity index (χ4v) is 9.42. The minimum Gasteiger partial charge on any atom is -0.488 e. The Kier molecular flexibility index (Phi) is 8.39. The third-order valence-corrected chi connectivity index (χ3v) is 12.8. The molecule has 1 N–H and O–H groups in total. The predicted octanol–water partition coefficient (Wildman–Crippen LogP) is 9.09. The minimum atomic E-state index is -0.491. The maximum atomic E-state index is 17.2. The number of amides is 1. The third-order valence-electron chi connectivity index (χ3n) is 11.6. The minimum absolute atomic E-state index is 0.0236. The average molecular weight is 758 g/mol. The first kappa shape index (κ1) is 33.9. The average Bonchev–Trinajstić information content (AvgIpc) is 3.42. The van der Waals surface area contributed by atoms with Crippen LogP contribution in [0.4, 0.5) is 4.39 Å². The van der Waals surface area contributed by atoms with Gasteiger partial charge in [0.1, 0.15) is 22.5 Å². The summed E-state index contributed by atoms with van der Waals surface area (Å²) in [6.07, 6.45) is 5.34. The molecule has 3 saturated heterocycles. The number of halogens is 4. The highest BCUT2D eigenvalue weighted by molar-refractivity contribution is 6.43. The lowest BCUT2D eigenvalue weighted by Gasteiger charge is -2.39. The Morgan fingerprint density at radius 3 is 2.69 bits per heavy atom. The molecule has 266 valence electrons. The molecule has 10 rings (SSSR count). The van der Waals surface area contributed by atoms with Crippen LogP contribution in [0.15, 0.2) is 42.6 Å². The molecule has 3 aliphatic heterocycles. The van der Waals surface area contributed by atoms with Crippen molar-refractivity contribution in [1.29, 1.82) is 5.26 Å². The number of fused-ring (bicyclic) bond motifs is 4. The number of benzene rings is 2. The molecule has 2 bridgehead atoms. The van der Waals surface area contributed by atoms with E-state index in [4.69, 9.17) is 44.5 Å². The number of rotatable bonds is 8. The quantitative estimate of drug-likeness (QED) is 0.159. The molecule has 2 aromatic carbocycles. The number of hydrogen-bond donors (Lipinski definition) is 1. The number of nitrogens with zero attached hydrogens (tertiary/aromatic N) is 5. The zero-order chi connectivity index (χ0) is 36.0. The smallest absolute Gasteiger partial charge is 0.226 e. The van der Waals surface area contributed by atoms with Crippen LogP contribution in [0.3, 0.4) is 0 Å². The van der Waals surface area contributed by atoms with Gasteiger partial charge in [-0.25, -0.2) is 14.4 Å². The second kappa shape index (κ2) is 12.9.